The quantitative estimate of drug-likeness (QED) is 0.335. The molecule has 4 N–H and O–H groups in total. The first kappa shape index (κ1) is 17.7. The van der Waals surface area contributed by atoms with Crippen LogP contribution in [0.5, 0.6) is 0 Å². The molecule has 0 saturated heterocycles. The second-order valence-electron chi connectivity index (χ2n) is 3.91. The average Bonchev–Trinajstić information content (AvgIpc) is 2.28. The predicted molar refractivity (Wildman–Crippen MR) is 61.5 cm³/mol. The zero-order valence-corrected chi connectivity index (χ0v) is 11.0. The van der Waals surface area contributed by atoms with Gasteiger partial charge in [-0.3, -0.25) is 4.90 Å². The molecule has 0 aromatic heterocycles. The molecule has 0 aliphatic heterocycles. The maximum atomic E-state index is 10.5. The first-order chi connectivity index (χ1) is 8.27. The molecular weight excluding hydrogens is 266 g/mol. The number of rotatable bonds is 9. The van der Waals surface area contributed by atoms with E-state index in [1.165, 1.54) is 4.90 Å². The summed E-state index contributed by atoms with van der Waals surface area (Å²) in [6.07, 6.45) is -1.29. The van der Waals surface area contributed by atoms with Crippen LogP contribution in [0.25, 0.3) is 0 Å². The summed E-state index contributed by atoms with van der Waals surface area (Å²) in [5, 5.41) is 36.5. The van der Waals surface area contributed by atoms with E-state index in [2.05, 4.69) is 0 Å². The molecule has 9 heteroatoms. The fourth-order valence-corrected chi connectivity index (χ4v) is 2.05. The molecule has 0 aromatic carbocycles. The molecule has 0 rings (SSSR count). The van der Waals surface area contributed by atoms with Crippen LogP contribution in [0.4, 0.5) is 0 Å². The van der Waals surface area contributed by atoms with Crippen molar-refractivity contribution in [3.05, 3.63) is 0 Å². The third-order valence-corrected chi connectivity index (χ3v) is 3.54. The summed E-state index contributed by atoms with van der Waals surface area (Å²) in [5.41, 5.74) is -2.42. The van der Waals surface area contributed by atoms with E-state index in [1.807, 2.05) is 0 Å². The van der Waals surface area contributed by atoms with Crippen molar-refractivity contribution in [2.75, 3.05) is 26.3 Å². The van der Waals surface area contributed by atoms with E-state index in [1.54, 1.807) is 6.92 Å². The van der Waals surface area contributed by atoms with Crippen molar-refractivity contribution >= 4 is 10.1 Å². The molecule has 0 aliphatic carbocycles. The minimum Gasteiger partial charge on any atom is -0.746 e. The molecule has 0 aliphatic rings. The maximum absolute atomic E-state index is 10.5. The summed E-state index contributed by atoms with van der Waals surface area (Å²) in [5.74, 6) is 0. The van der Waals surface area contributed by atoms with Crippen molar-refractivity contribution in [2.45, 2.75) is 30.9 Å². The van der Waals surface area contributed by atoms with Crippen molar-refractivity contribution in [3.63, 3.8) is 0 Å². The lowest BCUT2D eigenvalue weighted by atomic mass is 10.2. The Morgan fingerprint density at radius 2 is 1.83 bits per heavy atom. The molecule has 0 fully saturated rings. The van der Waals surface area contributed by atoms with Gasteiger partial charge in [-0.1, -0.05) is 6.92 Å². The molecule has 0 spiro atoms. The fraction of sp³-hybridized carbons (Fsp3) is 1.00. The average molecular weight is 286 g/mol. The van der Waals surface area contributed by atoms with Crippen LogP contribution >= 0.6 is 0 Å². The van der Waals surface area contributed by atoms with Crippen molar-refractivity contribution in [3.8, 4) is 0 Å². The summed E-state index contributed by atoms with van der Waals surface area (Å²) in [6, 6.07) is -0.395. The van der Waals surface area contributed by atoms with Crippen LogP contribution in [0.3, 0.4) is 0 Å². The third kappa shape index (κ3) is 5.57. The van der Waals surface area contributed by atoms with Crippen LogP contribution < -0.4 is 0 Å². The van der Waals surface area contributed by atoms with E-state index < -0.39 is 27.7 Å². The Bertz CT molecular complexity index is 317. The molecule has 0 saturated carbocycles. The van der Waals surface area contributed by atoms with Gasteiger partial charge in [0.15, 0.2) is 5.44 Å². The Balaban J connectivity index is 4.67. The van der Waals surface area contributed by atoms with Gasteiger partial charge in [0.1, 0.15) is 16.2 Å². The first-order valence-electron chi connectivity index (χ1n) is 5.54. The van der Waals surface area contributed by atoms with Gasteiger partial charge in [0.05, 0.1) is 13.2 Å². The van der Waals surface area contributed by atoms with Crippen LogP contribution in [0.15, 0.2) is 0 Å². The summed E-state index contributed by atoms with van der Waals surface area (Å²) in [7, 11) is -5.00. The summed E-state index contributed by atoms with van der Waals surface area (Å²) < 4.78 is 31.6. The second-order valence-corrected chi connectivity index (χ2v) is 5.38. The molecule has 0 amide bonds. The minimum absolute atomic E-state index is 0.0851. The van der Waals surface area contributed by atoms with E-state index >= 15 is 0 Å². The Morgan fingerprint density at radius 1 is 1.28 bits per heavy atom. The minimum atomic E-state index is -5.00. The molecular formula is C9H20NO7S-. The van der Waals surface area contributed by atoms with Crippen LogP contribution in [-0.2, 0) is 10.1 Å². The predicted octanol–water partition coefficient (Wildman–Crippen LogP) is -2.72. The van der Waals surface area contributed by atoms with Gasteiger partial charge in [-0.05, 0) is 6.42 Å². The largest absolute Gasteiger partial charge is 0.746 e. The van der Waals surface area contributed by atoms with Gasteiger partial charge in [0.25, 0.3) is 0 Å². The number of nitrogens with zero attached hydrogens (tertiary/aromatic N) is 1. The normalized spacial score (nSPS) is 17.7. The lowest BCUT2D eigenvalue weighted by Gasteiger charge is -2.32. The molecule has 0 heterocycles. The Kier molecular flexibility index (Phi) is 7.87. The molecule has 18 heavy (non-hydrogen) atoms. The van der Waals surface area contributed by atoms with E-state index in [-0.39, 0.29) is 26.3 Å². The lowest BCUT2D eigenvalue weighted by molar-refractivity contribution is 0.00689. The summed E-state index contributed by atoms with van der Waals surface area (Å²) in [6.45, 7) is 1.01. The van der Waals surface area contributed by atoms with Gasteiger partial charge < -0.3 is 25.0 Å². The molecule has 3 unspecified atom stereocenters. The molecule has 0 radical (unpaired) electrons. The SMILES string of the molecule is CCC(CO)N(CCO)CC(O)C(O)S(=O)(=O)[O-]. The highest BCUT2D eigenvalue weighted by Crippen LogP contribution is 2.09. The monoisotopic (exact) mass is 286 g/mol. The van der Waals surface area contributed by atoms with Crippen molar-refractivity contribution in [1.82, 2.24) is 4.90 Å². The summed E-state index contributed by atoms with van der Waals surface area (Å²) in [4.78, 5) is 1.42. The van der Waals surface area contributed by atoms with E-state index in [0.29, 0.717) is 6.42 Å². The highest BCUT2D eigenvalue weighted by molar-refractivity contribution is 7.86. The van der Waals surface area contributed by atoms with Gasteiger partial charge >= 0.3 is 0 Å². The highest BCUT2D eigenvalue weighted by Gasteiger charge is 2.27. The number of aliphatic hydroxyl groups excluding tert-OH is 4. The summed E-state index contributed by atoms with van der Waals surface area (Å²) >= 11 is 0. The van der Waals surface area contributed by atoms with Gasteiger partial charge in [-0.15, -0.1) is 0 Å². The smallest absolute Gasteiger partial charge is 0.170 e. The van der Waals surface area contributed by atoms with Crippen LogP contribution in [0, 0.1) is 0 Å². The zero-order valence-electron chi connectivity index (χ0n) is 10.1. The second kappa shape index (κ2) is 8.00. The van der Waals surface area contributed by atoms with Gasteiger partial charge in [0.2, 0.25) is 0 Å². The van der Waals surface area contributed by atoms with Gasteiger partial charge in [-0.2, -0.15) is 0 Å². The van der Waals surface area contributed by atoms with Crippen molar-refractivity contribution in [1.29, 1.82) is 0 Å². The maximum Gasteiger partial charge on any atom is 0.170 e. The highest BCUT2D eigenvalue weighted by atomic mass is 32.2. The Labute approximate surface area is 106 Å². The van der Waals surface area contributed by atoms with E-state index in [9.17, 15) is 18.1 Å². The Morgan fingerprint density at radius 3 is 2.17 bits per heavy atom. The molecule has 110 valence electrons. The van der Waals surface area contributed by atoms with Crippen LogP contribution in [-0.4, -0.2) is 82.2 Å². The van der Waals surface area contributed by atoms with E-state index in [4.69, 9.17) is 15.3 Å². The van der Waals surface area contributed by atoms with E-state index in [0.717, 1.165) is 0 Å². The standard InChI is InChI=1S/C9H21NO7S/c1-2-7(6-12)10(3-4-11)5-8(13)9(14)18(15,16)17/h7-9,11-14H,2-6H2,1H3,(H,15,16,17)/p-1. The fourth-order valence-electron chi connectivity index (χ4n) is 1.58. The first-order valence-corrected chi connectivity index (χ1v) is 7.01. The third-order valence-electron chi connectivity index (χ3n) is 2.63. The molecule has 8 nitrogen and oxygen atoms in total. The number of hydrogen-bond donors (Lipinski definition) is 4. The van der Waals surface area contributed by atoms with Crippen LogP contribution in [0.1, 0.15) is 13.3 Å². The van der Waals surface area contributed by atoms with Crippen molar-refractivity contribution in [2.24, 2.45) is 0 Å². The molecule has 3 atom stereocenters. The van der Waals surface area contributed by atoms with Gasteiger partial charge in [-0.25, -0.2) is 8.42 Å². The lowest BCUT2D eigenvalue weighted by Crippen LogP contribution is -2.48. The van der Waals surface area contributed by atoms with Crippen molar-refractivity contribution < 1.29 is 33.4 Å². The Hall–Kier alpha value is -0.290. The van der Waals surface area contributed by atoms with Crippen LogP contribution in [0.2, 0.25) is 0 Å². The number of hydrogen-bond acceptors (Lipinski definition) is 8. The van der Waals surface area contributed by atoms with Gasteiger partial charge in [0, 0.05) is 19.1 Å². The topological polar surface area (TPSA) is 141 Å². The zero-order chi connectivity index (χ0) is 14.3. The number of aliphatic hydroxyl groups is 4. The molecule has 0 aromatic rings. The molecule has 0 bridgehead atoms.